The lowest BCUT2D eigenvalue weighted by Gasteiger charge is -2.31. The third-order valence-electron chi connectivity index (χ3n) is 3.56. The van der Waals surface area contributed by atoms with E-state index in [9.17, 15) is 0 Å². The fraction of sp³-hybridized carbons (Fsp3) is 0.263. The molecule has 1 aliphatic rings. The van der Waals surface area contributed by atoms with Crippen LogP contribution in [-0.2, 0) is 0 Å². The van der Waals surface area contributed by atoms with Gasteiger partial charge in [0, 0.05) is 6.08 Å². The SMILES string of the molecule is Cc1ccc(OC2=CC(C)(C)Oc3ccc(C)cc32)c(Br)c1. The summed E-state index contributed by atoms with van der Waals surface area (Å²) in [7, 11) is 0. The molecule has 0 N–H and O–H groups in total. The first-order valence-electron chi connectivity index (χ1n) is 7.31. The molecule has 1 heterocycles. The van der Waals surface area contributed by atoms with Crippen molar-refractivity contribution in [3.8, 4) is 11.5 Å². The van der Waals surface area contributed by atoms with E-state index in [1.807, 2.05) is 38.1 Å². The van der Waals surface area contributed by atoms with E-state index in [0.717, 1.165) is 27.3 Å². The Morgan fingerprint density at radius 2 is 1.68 bits per heavy atom. The van der Waals surface area contributed by atoms with Crippen LogP contribution >= 0.6 is 15.9 Å². The lowest BCUT2D eigenvalue weighted by Crippen LogP contribution is -2.29. The molecule has 114 valence electrons. The minimum Gasteiger partial charge on any atom is -0.483 e. The van der Waals surface area contributed by atoms with Crippen molar-refractivity contribution in [1.29, 1.82) is 0 Å². The van der Waals surface area contributed by atoms with Crippen LogP contribution in [0.25, 0.3) is 5.76 Å². The smallest absolute Gasteiger partial charge is 0.141 e. The number of hydrogen-bond acceptors (Lipinski definition) is 2. The van der Waals surface area contributed by atoms with Crippen molar-refractivity contribution >= 4 is 21.7 Å². The van der Waals surface area contributed by atoms with Gasteiger partial charge in [0.15, 0.2) is 0 Å². The number of benzene rings is 2. The minimum atomic E-state index is -0.394. The number of rotatable bonds is 2. The highest BCUT2D eigenvalue weighted by Crippen LogP contribution is 2.39. The molecule has 0 aromatic heterocycles. The summed E-state index contributed by atoms with van der Waals surface area (Å²) in [5, 5.41) is 0. The van der Waals surface area contributed by atoms with E-state index in [2.05, 4.69) is 48.0 Å². The van der Waals surface area contributed by atoms with E-state index >= 15 is 0 Å². The summed E-state index contributed by atoms with van der Waals surface area (Å²) in [5.41, 5.74) is 2.97. The molecule has 2 aromatic carbocycles. The molecular weight excluding hydrogens is 340 g/mol. The molecule has 0 spiro atoms. The Labute approximate surface area is 139 Å². The highest BCUT2D eigenvalue weighted by molar-refractivity contribution is 9.10. The number of aryl methyl sites for hydroxylation is 2. The van der Waals surface area contributed by atoms with Crippen LogP contribution in [0.1, 0.15) is 30.5 Å². The zero-order valence-electron chi connectivity index (χ0n) is 13.2. The lowest BCUT2D eigenvalue weighted by molar-refractivity contribution is 0.154. The van der Waals surface area contributed by atoms with Crippen molar-refractivity contribution in [1.82, 2.24) is 0 Å². The molecule has 0 saturated heterocycles. The third kappa shape index (κ3) is 3.05. The van der Waals surface area contributed by atoms with Crippen LogP contribution in [0.2, 0.25) is 0 Å². The van der Waals surface area contributed by atoms with Crippen molar-refractivity contribution in [2.45, 2.75) is 33.3 Å². The van der Waals surface area contributed by atoms with Crippen LogP contribution in [0, 0.1) is 13.8 Å². The molecule has 0 atom stereocenters. The largest absolute Gasteiger partial charge is 0.483 e. The summed E-state index contributed by atoms with van der Waals surface area (Å²) in [6.45, 7) is 8.19. The van der Waals surface area contributed by atoms with Gasteiger partial charge < -0.3 is 9.47 Å². The van der Waals surface area contributed by atoms with Gasteiger partial charge in [-0.1, -0.05) is 17.7 Å². The van der Waals surface area contributed by atoms with Gasteiger partial charge in [0.25, 0.3) is 0 Å². The minimum absolute atomic E-state index is 0.394. The van der Waals surface area contributed by atoms with Gasteiger partial charge in [0.2, 0.25) is 0 Å². The Hall–Kier alpha value is -1.74. The first kappa shape index (κ1) is 15.2. The van der Waals surface area contributed by atoms with Gasteiger partial charge in [0.05, 0.1) is 10.0 Å². The molecule has 22 heavy (non-hydrogen) atoms. The van der Waals surface area contributed by atoms with Gasteiger partial charge in [-0.3, -0.25) is 0 Å². The molecule has 2 aromatic rings. The molecular formula is C19H19BrO2. The van der Waals surface area contributed by atoms with Gasteiger partial charge >= 0.3 is 0 Å². The van der Waals surface area contributed by atoms with Gasteiger partial charge in [0.1, 0.15) is 22.9 Å². The second kappa shape index (κ2) is 5.47. The number of fused-ring (bicyclic) bond motifs is 1. The average molecular weight is 359 g/mol. The van der Waals surface area contributed by atoms with Gasteiger partial charge in [-0.2, -0.15) is 0 Å². The van der Waals surface area contributed by atoms with Crippen LogP contribution in [0.4, 0.5) is 0 Å². The summed E-state index contributed by atoms with van der Waals surface area (Å²) >= 11 is 3.57. The number of halogens is 1. The van der Waals surface area contributed by atoms with Crippen LogP contribution in [0.3, 0.4) is 0 Å². The molecule has 1 aliphatic heterocycles. The molecule has 0 unspecified atom stereocenters. The van der Waals surface area contributed by atoms with Crippen LogP contribution in [0.5, 0.6) is 11.5 Å². The summed E-state index contributed by atoms with van der Waals surface area (Å²) in [6, 6.07) is 12.2. The zero-order valence-corrected chi connectivity index (χ0v) is 14.8. The highest BCUT2D eigenvalue weighted by atomic mass is 79.9. The van der Waals surface area contributed by atoms with Gasteiger partial charge in [-0.15, -0.1) is 0 Å². The van der Waals surface area contributed by atoms with E-state index in [0.29, 0.717) is 0 Å². The fourth-order valence-electron chi connectivity index (χ4n) is 2.52. The van der Waals surface area contributed by atoms with Gasteiger partial charge in [-0.05, 0) is 73.5 Å². The molecule has 0 fully saturated rings. The molecule has 0 radical (unpaired) electrons. The first-order chi connectivity index (χ1) is 10.3. The summed E-state index contributed by atoms with van der Waals surface area (Å²) in [4.78, 5) is 0. The van der Waals surface area contributed by atoms with Crippen LogP contribution in [-0.4, -0.2) is 5.60 Å². The second-order valence-electron chi connectivity index (χ2n) is 6.25. The van der Waals surface area contributed by atoms with Crippen LogP contribution < -0.4 is 9.47 Å². The Morgan fingerprint density at radius 3 is 2.41 bits per heavy atom. The molecule has 0 saturated carbocycles. The molecule has 0 amide bonds. The quantitative estimate of drug-likeness (QED) is 0.689. The zero-order chi connectivity index (χ0) is 15.9. The Bertz CT molecular complexity index is 760. The van der Waals surface area contributed by atoms with Crippen molar-refractivity contribution in [2.24, 2.45) is 0 Å². The normalized spacial score (nSPS) is 15.6. The van der Waals surface area contributed by atoms with Crippen LogP contribution in [0.15, 0.2) is 46.9 Å². The highest BCUT2D eigenvalue weighted by Gasteiger charge is 2.28. The predicted molar refractivity (Wildman–Crippen MR) is 93.4 cm³/mol. The second-order valence-corrected chi connectivity index (χ2v) is 7.10. The van der Waals surface area contributed by atoms with E-state index in [1.54, 1.807) is 0 Å². The van der Waals surface area contributed by atoms with Gasteiger partial charge in [-0.25, -0.2) is 0 Å². The maximum absolute atomic E-state index is 6.19. The van der Waals surface area contributed by atoms with Crippen molar-refractivity contribution in [2.75, 3.05) is 0 Å². The summed E-state index contributed by atoms with van der Waals surface area (Å²) in [5.74, 6) is 2.50. The van der Waals surface area contributed by atoms with E-state index in [-0.39, 0.29) is 0 Å². The third-order valence-corrected chi connectivity index (χ3v) is 4.18. The number of ether oxygens (including phenoxy) is 2. The fourth-order valence-corrected chi connectivity index (χ4v) is 3.10. The molecule has 3 heteroatoms. The van der Waals surface area contributed by atoms with Crippen molar-refractivity contribution in [3.05, 3.63) is 63.6 Å². The monoisotopic (exact) mass is 358 g/mol. The molecule has 2 nitrogen and oxygen atoms in total. The first-order valence-corrected chi connectivity index (χ1v) is 8.10. The molecule has 0 bridgehead atoms. The Morgan fingerprint density at radius 1 is 1.00 bits per heavy atom. The van der Waals surface area contributed by atoms with Crippen molar-refractivity contribution in [3.63, 3.8) is 0 Å². The Balaban J connectivity index is 2.04. The number of hydrogen-bond donors (Lipinski definition) is 0. The van der Waals surface area contributed by atoms with Crippen molar-refractivity contribution < 1.29 is 9.47 Å². The maximum atomic E-state index is 6.19. The lowest BCUT2D eigenvalue weighted by atomic mass is 9.99. The van der Waals surface area contributed by atoms with E-state index in [1.165, 1.54) is 11.1 Å². The average Bonchev–Trinajstić information content (AvgIpc) is 2.42. The summed E-state index contributed by atoms with van der Waals surface area (Å²) in [6.07, 6.45) is 2.03. The Kier molecular flexibility index (Phi) is 3.77. The standard InChI is InChI=1S/C19H19BrO2/c1-12-5-7-16-14(9-12)18(11-19(3,4)22-16)21-17-8-6-13(2)10-15(17)20/h5-11H,1-4H3. The van der Waals surface area contributed by atoms with E-state index in [4.69, 9.17) is 9.47 Å². The maximum Gasteiger partial charge on any atom is 0.141 e. The summed E-state index contributed by atoms with van der Waals surface area (Å²) < 4.78 is 13.2. The molecule has 0 aliphatic carbocycles. The van der Waals surface area contributed by atoms with E-state index < -0.39 is 5.60 Å². The topological polar surface area (TPSA) is 18.5 Å². The predicted octanol–water partition coefficient (Wildman–Crippen LogP) is 5.66. The molecule has 3 rings (SSSR count).